The summed E-state index contributed by atoms with van der Waals surface area (Å²) in [5.74, 6) is 0.852. The zero-order chi connectivity index (χ0) is 15.0. The first kappa shape index (κ1) is 13.8. The maximum absolute atomic E-state index is 6.06. The van der Waals surface area contributed by atoms with E-state index in [4.69, 9.17) is 22.1 Å². The Morgan fingerprint density at radius 1 is 1.29 bits per heavy atom. The third-order valence-corrected chi connectivity index (χ3v) is 3.60. The lowest BCUT2D eigenvalue weighted by Crippen LogP contribution is -1.93. The molecule has 4 nitrogen and oxygen atoms in total. The normalized spacial score (nSPS) is 11.0. The van der Waals surface area contributed by atoms with Crippen LogP contribution in [0.4, 0.5) is 5.69 Å². The first-order chi connectivity index (χ1) is 10.1. The van der Waals surface area contributed by atoms with Gasteiger partial charge in [-0.15, -0.1) is 0 Å². The van der Waals surface area contributed by atoms with Gasteiger partial charge in [0.2, 0.25) is 0 Å². The fraction of sp³-hybridized carbons (Fsp3) is 0.188. The number of rotatable bonds is 3. The highest BCUT2D eigenvalue weighted by molar-refractivity contribution is 6.30. The number of benzene rings is 1. The van der Waals surface area contributed by atoms with Crippen LogP contribution in [-0.4, -0.2) is 16.0 Å². The van der Waals surface area contributed by atoms with Gasteiger partial charge >= 0.3 is 0 Å². The van der Waals surface area contributed by atoms with Crippen LogP contribution in [0.3, 0.4) is 0 Å². The molecule has 0 spiro atoms. The molecule has 3 rings (SSSR count). The third-order valence-electron chi connectivity index (χ3n) is 3.39. The van der Waals surface area contributed by atoms with Crippen molar-refractivity contribution in [2.24, 2.45) is 0 Å². The lowest BCUT2D eigenvalue weighted by Gasteiger charge is -2.04. The maximum Gasteiger partial charge on any atom is 0.161 e. The number of halogens is 1. The van der Waals surface area contributed by atoms with E-state index in [2.05, 4.69) is 4.98 Å². The molecule has 2 heterocycles. The van der Waals surface area contributed by atoms with Crippen molar-refractivity contribution in [3.63, 3.8) is 0 Å². The van der Waals surface area contributed by atoms with Crippen molar-refractivity contribution in [1.29, 1.82) is 0 Å². The maximum atomic E-state index is 6.06. The van der Waals surface area contributed by atoms with E-state index in [1.165, 1.54) is 0 Å². The minimum Gasteiger partial charge on any atom is -0.494 e. The van der Waals surface area contributed by atoms with Crippen molar-refractivity contribution in [1.82, 2.24) is 9.38 Å². The monoisotopic (exact) mass is 301 g/mol. The van der Waals surface area contributed by atoms with E-state index in [-0.39, 0.29) is 0 Å². The number of fused-ring (bicyclic) bond motifs is 1. The van der Waals surface area contributed by atoms with Gasteiger partial charge in [-0.1, -0.05) is 11.6 Å². The molecule has 0 aliphatic rings. The number of pyridine rings is 1. The number of nitrogens with two attached hydrogens (primary N) is 1. The summed E-state index contributed by atoms with van der Waals surface area (Å²) in [6, 6.07) is 9.59. The van der Waals surface area contributed by atoms with Gasteiger partial charge in [0.15, 0.2) is 5.65 Å². The number of aryl methyl sites for hydroxylation is 1. The molecule has 5 heteroatoms. The van der Waals surface area contributed by atoms with E-state index < -0.39 is 0 Å². The average molecular weight is 302 g/mol. The van der Waals surface area contributed by atoms with Gasteiger partial charge in [-0.3, -0.25) is 0 Å². The summed E-state index contributed by atoms with van der Waals surface area (Å²) in [7, 11) is 0. The van der Waals surface area contributed by atoms with Gasteiger partial charge in [0.25, 0.3) is 0 Å². The zero-order valence-electron chi connectivity index (χ0n) is 11.9. The Labute approximate surface area is 128 Å². The first-order valence-corrected chi connectivity index (χ1v) is 7.15. The highest BCUT2D eigenvalue weighted by Gasteiger charge is 2.13. The molecule has 0 unspecified atom stereocenters. The molecular formula is C16H16ClN3O. The van der Waals surface area contributed by atoms with Crippen LogP contribution in [0.5, 0.6) is 5.75 Å². The molecule has 0 aliphatic carbocycles. The predicted octanol–water partition coefficient (Wildman–Crippen LogP) is 3.94. The fourth-order valence-electron chi connectivity index (χ4n) is 2.40. The van der Waals surface area contributed by atoms with E-state index in [9.17, 15) is 0 Å². The summed E-state index contributed by atoms with van der Waals surface area (Å²) in [4.78, 5) is 4.64. The molecule has 0 aliphatic heterocycles. The van der Waals surface area contributed by atoms with Crippen LogP contribution in [0.15, 0.2) is 36.5 Å². The molecule has 0 amide bonds. The lowest BCUT2D eigenvalue weighted by atomic mass is 10.1. The standard InChI is InChI=1S/C16H16ClN3O/c1-3-21-13-6-4-11(5-7-13)15-10(2)20-9-12(17)8-14(18)16(20)19-15/h4-9H,3,18H2,1-2H3. The molecule has 0 saturated carbocycles. The lowest BCUT2D eigenvalue weighted by molar-refractivity contribution is 0.340. The molecule has 3 aromatic rings. The van der Waals surface area contributed by atoms with E-state index >= 15 is 0 Å². The second-order valence-corrected chi connectivity index (χ2v) is 5.25. The minimum atomic E-state index is 0.572. The molecule has 0 atom stereocenters. The van der Waals surface area contributed by atoms with Gasteiger partial charge in [-0.2, -0.15) is 0 Å². The summed E-state index contributed by atoms with van der Waals surface area (Å²) in [5.41, 5.74) is 10.2. The fourth-order valence-corrected chi connectivity index (χ4v) is 2.61. The van der Waals surface area contributed by atoms with Gasteiger partial charge in [0.05, 0.1) is 23.0 Å². The number of ether oxygens (including phenoxy) is 1. The zero-order valence-corrected chi connectivity index (χ0v) is 12.7. The van der Waals surface area contributed by atoms with Crippen molar-refractivity contribution < 1.29 is 4.74 Å². The van der Waals surface area contributed by atoms with E-state index in [1.807, 2.05) is 48.7 Å². The first-order valence-electron chi connectivity index (χ1n) is 6.77. The molecule has 0 saturated heterocycles. The number of nitrogens with zero attached hydrogens (tertiary/aromatic N) is 2. The summed E-state index contributed by atoms with van der Waals surface area (Å²) < 4.78 is 7.38. The van der Waals surface area contributed by atoms with Crippen LogP contribution in [0, 0.1) is 6.92 Å². The van der Waals surface area contributed by atoms with E-state index in [0.29, 0.717) is 17.3 Å². The van der Waals surface area contributed by atoms with Crippen LogP contribution in [0.1, 0.15) is 12.6 Å². The molecule has 0 radical (unpaired) electrons. The van der Waals surface area contributed by atoms with E-state index in [1.54, 1.807) is 6.07 Å². The Kier molecular flexibility index (Phi) is 3.47. The van der Waals surface area contributed by atoms with Gasteiger partial charge < -0.3 is 14.9 Å². The number of hydrogen-bond donors (Lipinski definition) is 1. The van der Waals surface area contributed by atoms with Crippen molar-refractivity contribution in [3.05, 3.63) is 47.2 Å². The van der Waals surface area contributed by atoms with Gasteiger partial charge in [-0.25, -0.2) is 4.98 Å². The van der Waals surface area contributed by atoms with Crippen molar-refractivity contribution in [3.8, 4) is 17.0 Å². The molecule has 108 valence electrons. The van der Waals surface area contributed by atoms with Crippen LogP contribution in [-0.2, 0) is 0 Å². The molecule has 1 aromatic carbocycles. The largest absolute Gasteiger partial charge is 0.494 e. The van der Waals surface area contributed by atoms with Crippen LogP contribution in [0.25, 0.3) is 16.9 Å². The predicted molar refractivity (Wildman–Crippen MR) is 86.0 cm³/mol. The van der Waals surface area contributed by atoms with Crippen molar-refractivity contribution in [2.75, 3.05) is 12.3 Å². The van der Waals surface area contributed by atoms with Crippen LogP contribution < -0.4 is 10.5 Å². The van der Waals surface area contributed by atoms with E-state index in [0.717, 1.165) is 28.3 Å². The van der Waals surface area contributed by atoms with Crippen LogP contribution >= 0.6 is 11.6 Å². The van der Waals surface area contributed by atoms with Crippen molar-refractivity contribution >= 4 is 22.9 Å². The molecule has 2 N–H and O–H groups in total. The summed E-state index contributed by atoms with van der Waals surface area (Å²) in [6.07, 6.45) is 1.83. The molecule has 2 aromatic heterocycles. The Bertz CT molecular complexity index is 793. The second kappa shape index (κ2) is 5.30. The second-order valence-electron chi connectivity index (χ2n) is 4.81. The molecule has 21 heavy (non-hydrogen) atoms. The number of hydrogen-bond acceptors (Lipinski definition) is 3. The Balaban J connectivity index is 2.12. The van der Waals surface area contributed by atoms with Gasteiger partial charge in [-0.05, 0) is 44.2 Å². The van der Waals surface area contributed by atoms with Crippen molar-refractivity contribution in [2.45, 2.75) is 13.8 Å². The van der Waals surface area contributed by atoms with Crippen LogP contribution in [0.2, 0.25) is 5.02 Å². The quantitative estimate of drug-likeness (QED) is 0.797. The summed E-state index contributed by atoms with van der Waals surface area (Å²) in [6.45, 7) is 4.62. The Morgan fingerprint density at radius 2 is 2.00 bits per heavy atom. The number of nitrogen functional groups attached to an aromatic ring is 1. The Hall–Kier alpha value is -2.20. The Morgan fingerprint density at radius 3 is 2.67 bits per heavy atom. The number of anilines is 1. The minimum absolute atomic E-state index is 0.572. The summed E-state index contributed by atoms with van der Waals surface area (Å²) >= 11 is 6.06. The topological polar surface area (TPSA) is 52.5 Å². The molecule has 0 bridgehead atoms. The highest BCUT2D eigenvalue weighted by Crippen LogP contribution is 2.29. The third kappa shape index (κ3) is 2.43. The number of imidazole rings is 1. The molecule has 0 fully saturated rings. The smallest absolute Gasteiger partial charge is 0.161 e. The van der Waals surface area contributed by atoms with Gasteiger partial charge in [0, 0.05) is 17.5 Å². The average Bonchev–Trinajstić information content (AvgIpc) is 2.78. The summed E-state index contributed by atoms with van der Waals surface area (Å²) in [5, 5.41) is 0.596. The van der Waals surface area contributed by atoms with Gasteiger partial charge in [0.1, 0.15) is 5.75 Å². The molecular weight excluding hydrogens is 286 g/mol. The SMILES string of the molecule is CCOc1ccc(-c2nc3c(N)cc(Cl)cn3c2C)cc1. The highest BCUT2D eigenvalue weighted by atomic mass is 35.5. The number of aromatic nitrogens is 2.